The van der Waals surface area contributed by atoms with Crippen LogP contribution in [0.1, 0.15) is 25.8 Å². The predicted octanol–water partition coefficient (Wildman–Crippen LogP) is 2.27. The fourth-order valence-electron chi connectivity index (χ4n) is 3.01. The lowest BCUT2D eigenvalue weighted by Gasteiger charge is -2.19. The van der Waals surface area contributed by atoms with Gasteiger partial charge in [0.25, 0.3) is 0 Å². The average molecular weight is 346 g/mol. The van der Waals surface area contributed by atoms with Gasteiger partial charge in [-0.05, 0) is 30.2 Å². The second-order valence-corrected chi connectivity index (χ2v) is 8.79. The quantitative estimate of drug-likeness (QED) is 0.903. The topological polar surface area (TPSA) is 66.5 Å². The van der Waals surface area contributed by atoms with Crippen LogP contribution in [0.4, 0.5) is 0 Å². The zero-order chi connectivity index (χ0) is 17.3. The van der Waals surface area contributed by atoms with Gasteiger partial charge in [0, 0.05) is 25.6 Å². The highest BCUT2D eigenvalue weighted by molar-refractivity contribution is 7.90. The summed E-state index contributed by atoms with van der Waals surface area (Å²) in [6, 6.07) is 13.8. The number of hydrogen-bond donors (Lipinski definition) is 1. The van der Waals surface area contributed by atoms with Crippen LogP contribution in [0.15, 0.2) is 42.5 Å². The number of rotatable bonds is 5. The molecular formula is C18H22N2O3S. The fourth-order valence-corrected chi connectivity index (χ4v) is 3.90. The number of likely N-dealkylation sites (tertiary alicyclic amines) is 1. The average Bonchev–Trinajstić information content (AvgIpc) is 2.86. The molecule has 1 atom stereocenters. The van der Waals surface area contributed by atoms with Gasteiger partial charge in [-0.1, -0.05) is 42.5 Å². The standard InChI is InChI=1S/C18H22N2O3S/c1-13(2)24(22,23)19-16-10-18(21)20(12-16)11-15-8-5-7-14-6-3-4-9-17(14)15/h3-9,13,16,19H,10-12H2,1-2H3. The van der Waals surface area contributed by atoms with E-state index in [2.05, 4.69) is 4.72 Å². The summed E-state index contributed by atoms with van der Waals surface area (Å²) in [6.45, 7) is 4.17. The number of benzene rings is 2. The molecule has 1 heterocycles. The van der Waals surface area contributed by atoms with E-state index in [1.54, 1.807) is 18.7 Å². The van der Waals surface area contributed by atoms with Crippen molar-refractivity contribution in [1.29, 1.82) is 0 Å². The van der Waals surface area contributed by atoms with Crippen LogP contribution < -0.4 is 4.72 Å². The highest BCUT2D eigenvalue weighted by Crippen LogP contribution is 2.22. The lowest BCUT2D eigenvalue weighted by molar-refractivity contribution is -0.128. The molecule has 1 fully saturated rings. The molecule has 24 heavy (non-hydrogen) atoms. The Kier molecular flexibility index (Phi) is 4.60. The van der Waals surface area contributed by atoms with Gasteiger partial charge in [0.15, 0.2) is 0 Å². The molecule has 0 radical (unpaired) electrons. The molecule has 1 unspecified atom stereocenters. The van der Waals surface area contributed by atoms with Crippen molar-refractivity contribution in [2.24, 2.45) is 0 Å². The lowest BCUT2D eigenvalue weighted by Crippen LogP contribution is -2.40. The van der Waals surface area contributed by atoms with Crippen molar-refractivity contribution in [3.05, 3.63) is 48.0 Å². The molecule has 5 nitrogen and oxygen atoms in total. The first-order chi connectivity index (χ1) is 11.4. The number of hydrogen-bond acceptors (Lipinski definition) is 3. The van der Waals surface area contributed by atoms with E-state index >= 15 is 0 Å². The molecule has 128 valence electrons. The van der Waals surface area contributed by atoms with Crippen LogP contribution in [-0.2, 0) is 21.4 Å². The maximum Gasteiger partial charge on any atom is 0.224 e. The summed E-state index contributed by atoms with van der Waals surface area (Å²) in [4.78, 5) is 14.0. The van der Waals surface area contributed by atoms with Crippen LogP contribution in [-0.4, -0.2) is 37.1 Å². The van der Waals surface area contributed by atoms with Crippen LogP contribution in [0, 0.1) is 0 Å². The zero-order valence-corrected chi connectivity index (χ0v) is 14.7. The van der Waals surface area contributed by atoms with E-state index in [1.165, 1.54) is 0 Å². The van der Waals surface area contributed by atoms with Crippen molar-refractivity contribution in [2.45, 2.75) is 38.1 Å². The van der Waals surface area contributed by atoms with Crippen molar-refractivity contribution >= 4 is 26.7 Å². The summed E-state index contributed by atoms with van der Waals surface area (Å²) < 4.78 is 26.6. The molecule has 0 spiro atoms. The monoisotopic (exact) mass is 346 g/mol. The van der Waals surface area contributed by atoms with E-state index in [0.717, 1.165) is 16.3 Å². The summed E-state index contributed by atoms with van der Waals surface area (Å²) in [7, 11) is -3.36. The van der Waals surface area contributed by atoms with E-state index in [1.807, 2.05) is 42.5 Å². The summed E-state index contributed by atoms with van der Waals surface area (Å²) in [5.41, 5.74) is 1.08. The Bertz CT molecular complexity index is 856. The molecule has 0 aromatic heterocycles. The van der Waals surface area contributed by atoms with E-state index in [0.29, 0.717) is 13.1 Å². The van der Waals surface area contributed by atoms with E-state index < -0.39 is 15.3 Å². The van der Waals surface area contributed by atoms with Crippen LogP contribution in [0.25, 0.3) is 10.8 Å². The van der Waals surface area contributed by atoms with Gasteiger partial charge in [0.2, 0.25) is 15.9 Å². The van der Waals surface area contributed by atoms with Crippen LogP contribution in [0.2, 0.25) is 0 Å². The Morgan fingerprint density at radius 3 is 2.62 bits per heavy atom. The number of nitrogens with zero attached hydrogens (tertiary/aromatic N) is 1. The maximum atomic E-state index is 12.3. The number of amides is 1. The van der Waals surface area contributed by atoms with Crippen LogP contribution in [0.3, 0.4) is 0 Å². The fraction of sp³-hybridized carbons (Fsp3) is 0.389. The Labute approximate surface area is 142 Å². The third kappa shape index (κ3) is 3.44. The van der Waals surface area contributed by atoms with Gasteiger partial charge in [0.1, 0.15) is 0 Å². The number of sulfonamides is 1. The first-order valence-electron chi connectivity index (χ1n) is 8.12. The molecule has 2 aromatic carbocycles. The molecule has 0 saturated carbocycles. The number of carbonyl (C=O) groups excluding carboxylic acids is 1. The summed E-state index contributed by atoms with van der Waals surface area (Å²) in [5, 5.41) is 1.76. The first kappa shape index (κ1) is 16.9. The molecule has 6 heteroatoms. The Hall–Kier alpha value is -1.92. The van der Waals surface area contributed by atoms with Crippen molar-refractivity contribution in [1.82, 2.24) is 9.62 Å². The van der Waals surface area contributed by atoms with Crippen molar-refractivity contribution in [2.75, 3.05) is 6.54 Å². The third-order valence-electron chi connectivity index (χ3n) is 4.41. The minimum atomic E-state index is -3.36. The van der Waals surface area contributed by atoms with Crippen molar-refractivity contribution < 1.29 is 13.2 Å². The molecule has 1 amide bonds. The number of fused-ring (bicyclic) bond motifs is 1. The SMILES string of the molecule is CC(C)S(=O)(=O)NC1CC(=O)N(Cc2cccc3ccccc23)C1. The zero-order valence-electron chi connectivity index (χ0n) is 13.9. The predicted molar refractivity (Wildman–Crippen MR) is 95.0 cm³/mol. The Balaban J connectivity index is 1.75. The van der Waals surface area contributed by atoms with Crippen molar-refractivity contribution in [3.8, 4) is 0 Å². The highest BCUT2D eigenvalue weighted by atomic mass is 32.2. The molecule has 2 aromatic rings. The first-order valence-corrected chi connectivity index (χ1v) is 9.67. The summed E-state index contributed by atoms with van der Waals surface area (Å²) in [5.74, 6) is -0.0145. The van der Waals surface area contributed by atoms with Crippen molar-refractivity contribution in [3.63, 3.8) is 0 Å². The second kappa shape index (κ2) is 6.53. The van der Waals surface area contributed by atoms with E-state index in [4.69, 9.17) is 0 Å². The normalized spacial score (nSPS) is 18.7. The molecule has 0 aliphatic carbocycles. The van der Waals surface area contributed by atoms with Crippen LogP contribution >= 0.6 is 0 Å². The third-order valence-corrected chi connectivity index (χ3v) is 6.31. The Morgan fingerprint density at radius 2 is 1.88 bits per heavy atom. The van der Waals surface area contributed by atoms with Gasteiger partial charge in [-0.15, -0.1) is 0 Å². The lowest BCUT2D eigenvalue weighted by atomic mass is 10.0. The molecule has 1 aliphatic rings. The van der Waals surface area contributed by atoms with Crippen LogP contribution in [0.5, 0.6) is 0 Å². The van der Waals surface area contributed by atoms with E-state index in [-0.39, 0.29) is 18.4 Å². The molecule has 3 rings (SSSR count). The van der Waals surface area contributed by atoms with Gasteiger partial charge in [-0.2, -0.15) is 0 Å². The van der Waals surface area contributed by atoms with Gasteiger partial charge in [-0.25, -0.2) is 13.1 Å². The number of nitrogens with one attached hydrogen (secondary N) is 1. The summed E-state index contributed by atoms with van der Waals surface area (Å²) >= 11 is 0. The van der Waals surface area contributed by atoms with Gasteiger partial charge >= 0.3 is 0 Å². The molecule has 1 N–H and O–H groups in total. The smallest absolute Gasteiger partial charge is 0.224 e. The minimum Gasteiger partial charge on any atom is -0.337 e. The molecule has 1 saturated heterocycles. The van der Waals surface area contributed by atoms with Gasteiger partial charge < -0.3 is 4.90 Å². The maximum absolute atomic E-state index is 12.3. The summed E-state index contributed by atoms with van der Waals surface area (Å²) in [6.07, 6.45) is 0.219. The highest BCUT2D eigenvalue weighted by Gasteiger charge is 2.33. The Morgan fingerprint density at radius 1 is 1.17 bits per heavy atom. The minimum absolute atomic E-state index is 0.0145. The number of carbonyl (C=O) groups is 1. The molecule has 1 aliphatic heterocycles. The molecular weight excluding hydrogens is 324 g/mol. The van der Waals surface area contributed by atoms with E-state index in [9.17, 15) is 13.2 Å². The van der Waals surface area contributed by atoms with Gasteiger partial charge in [-0.3, -0.25) is 4.79 Å². The van der Waals surface area contributed by atoms with Gasteiger partial charge in [0.05, 0.1) is 5.25 Å². The second-order valence-electron chi connectivity index (χ2n) is 6.53. The largest absolute Gasteiger partial charge is 0.337 e. The molecule has 0 bridgehead atoms.